The fourth-order valence-electron chi connectivity index (χ4n) is 1.35. The maximum Gasteiger partial charge on any atom is 0.206 e. The zero-order chi connectivity index (χ0) is 8.84. The summed E-state index contributed by atoms with van der Waals surface area (Å²) in [7, 11) is 3.23. The summed E-state index contributed by atoms with van der Waals surface area (Å²) in [6.07, 6.45) is 0. The van der Waals surface area contributed by atoms with Crippen molar-refractivity contribution in [1.82, 2.24) is 9.38 Å². The summed E-state index contributed by atoms with van der Waals surface area (Å²) < 4.78 is 2.91. The van der Waals surface area contributed by atoms with Crippen LogP contribution in [-0.4, -0.2) is 9.38 Å². The van der Waals surface area contributed by atoms with Crippen molar-refractivity contribution in [3.63, 3.8) is 0 Å². The molecule has 3 rings (SSSR count). The normalized spacial score (nSPS) is 11.4. The topological polar surface area (TPSA) is 17.3 Å². The number of hydrogen-bond acceptors (Lipinski definition) is 4. The second-order valence-corrected chi connectivity index (χ2v) is 5.38. The monoisotopic (exact) mass is 224 g/mol. The van der Waals surface area contributed by atoms with E-state index in [0.29, 0.717) is 0 Å². The summed E-state index contributed by atoms with van der Waals surface area (Å²) in [6, 6.07) is 8.05. The van der Waals surface area contributed by atoms with Crippen molar-refractivity contribution in [2.24, 2.45) is 0 Å². The molecule has 2 aromatic heterocycles. The molecule has 64 valence electrons. The molecule has 0 aliphatic heterocycles. The smallest absolute Gasteiger partial charge is 0.206 e. The fraction of sp³-hybridized carbons (Fsp3) is 0. The van der Waals surface area contributed by atoms with Gasteiger partial charge in [-0.1, -0.05) is 12.1 Å². The number of para-hydroxylation sites is 2. The Hall–Kier alpha value is -0.780. The second-order valence-electron chi connectivity index (χ2n) is 2.65. The molecule has 0 saturated heterocycles. The first-order valence-electron chi connectivity index (χ1n) is 3.72. The molecule has 5 heteroatoms. The molecule has 0 aliphatic carbocycles. The number of hydrogen-bond donors (Lipinski definition) is 0. The standard InChI is InChI=1S/C8H4N2S3/c11-8-10-6-4-2-1-3-5(6)9-7(10)12-13-8/h1-4H. The van der Waals surface area contributed by atoms with Crippen molar-refractivity contribution < 1.29 is 0 Å². The van der Waals surface area contributed by atoms with Crippen molar-refractivity contribution in [1.29, 1.82) is 0 Å². The van der Waals surface area contributed by atoms with Crippen molar-refractivity contribution in [3.05, 3.63) is 28.2 Å². The van der Waals surface area contributed by atoms with Gasteiger partial charge in [0.25, 0.3) is 0 Å². The third-order valence-corrected chi connectivity index (χ3v) is 4.65. The van der Waals surface area contributed by atoms with E-state index in [2.05, 4.69) is 4.98 Å². The predicted molar refractivity (Wildman–Crippen MR) is 59.3 cm³/mol. The average Bonchev–Trinajstić information content (AvgIpc) is 2.66. The van der Waals surface area contributed by atoms with Crippen LogP contribution in [0.5, 0.6) is 0 Å². The van der Waals surface area contributed by atoms with Gasteiger partial charge in [0.1, 0.15) is 0 Å². The predicted octanol–water partition coefficient (Wildman–Crippen LogP) is 3.34. The highest BCUT2D eigenvalue weighted by molar-refractivity contribution is 7.80. The van der Waals surface area contributed by atoms with Crippen LogP contribution in [0.15, 0.2) is 24.3 Å². The quantitative estimate of drug-likeness (QED) is 0.430. The van der Waals surface area contributed by atoms with Crippen LogP contribution in [0.25, 0.3) is 16.0 Å². The van der Waals surface area contributed by atoms with E-state index in [0.717, 1.165) is 19.9 Å². The van der Waals surface area contributed by atoms with Crippen LogP contribution in [0.3, 0.4) is 0 Å². The lowest BCUT2D eigenvalue weighted by molar-refractivity contribution is 1.28. The van der Waals surface area contributed by atoms with Crippen LogP contribution < -0.4 is 0 Å². The maximum atomic E-state index is 5.22. The molecule has 2 heterocycles. The van der Waals surface area contributed by atoms with E-state index in [4.69, 9.17) is 12.2 Å². The summed E-state index contributed by atoms with van der Waals surface area (Å²) >= 11 is 5.22. The molecule has 0 radical (unpaired) electrons. The van der Waals surface area contributed by atoms with E-state index in [1.54, 1.807) is 20.7 Å². The van der Waals surface area contributed by atoms with Crippen LogP contribution in [0.4, 0.5) is 0 Å². The van der Waals surface area contributed by atoms with Gasteiger partial charge in [-0.05, 0) is 45.0 Å². The van der Waals surface area contributed by atoms with Crippen molar-refractivity contribution >= 4 is 48.9 Å². The highest BCUT2D eigenvalue weighted by Crippen LogP contribution is 2.24. The Morgan fingerprint density at radius 3 is 3.00 bits per heavy atom. The SMILES string of the molecule is S=c1ssc2nc3ccccc3n12. The number of fused-ring (bicyclic) bond motifs is 3. The van der Waals surface area contributed by atoms with Crippen LogP contribution in [0.1, 0.15) is 0 Å². The molecule has 0 aliphatic rings. The molecule has 0 saturated carbocycles. The zero-order valence-corrected chi connectivity index (χ0v) is 8.88. The molecule has 0 amide bonds. The number of rotatable bonds is 0. The van der Waals surface area contributed by atoms with Crippen LogP contribution >= 0.6 is 32.9 Å². The molecular formula is C8H4N2S3. The molecule has 0 atom stereocenters. The number of nitrogens with zero attached hydrogens (tertiary/aromatic N) is 2. The Kier molecular flexibility index (Phi) is 1.52. The van der Waals surface area contributed by atoms with Crippen LogP contribution in [0, 0.1) is 3.95 Å². The van der Waals surface area contributed by atoms with Crippen molar-refractivity contribution in [3.8, 4) is 0 Å². The molecule has 0 fully saturated rings. The third kappa shape index (κ3) is 0.979. The van der Waals surface area contributed by atoms with Crippen molar-refractivity contribution in [2.45, 2.75) is 0 Å². The summed E-state index contributed by atoms with van der Waals surface area (Å²) in [5.74, 6) is 0. The summed E-state index contributed by atoms with van der Waals surface area (Å²) in [6.45, 7) is 0. The minimum absolute atomic E-state index is 0.883. The van der Waals surface area contributed by atoms with Gasteiger partial charge < -0.3 is 0 Å². The molecule has 0 N–H and O–H groups in total. The van der Waals surface area contributed by atoms with E-state index in [1.807, 2.05) is 28.7 Å². The van der Waals surface area contributed by atoms with Gasteiger partial charge in [-0.3, -0.25) is 4.40 Å². The molecule has 13 heavy (non-hydrogen) atoms. The molecule has 3 aromatic rings. The minimum Gasteiger partial charge on any atom is -0.265 e. The van der Waals surface area contributed by atoms with Gasteiger partial charge in [0.2, 0.25) is 4.96 Å². The van der Waals surface area contributed by atoms with Gasteiger partial charge in [0, 0.05) is 0 Å². The lowest BCUT2D eigenvalue weighted by atomic mass is 10.3. The Morgan fingerprint density at radius 1 is 1.23 bits per heavy atom. The van der Waals surface area contributed by atoms with Gasteiger partial charge in [0.15, 0.2) is 3.95 Å². The lowest BCUT2D eigenvalue weighted by Gasteiger charge is -1.86. The van der Waals surface area contributed by atoms with E-state index >= 15 is 0 Å². The number of imidazole rings is 1. The van der Waals surface area contributed by atoms with Gasteiger partial charge >= 0.3 is 0 Å². The number of aromatic nitrogens is 2. The van der Waals surface area contributed by atoms with E-state index in [9.17, 15) is 0 Å². The first-order chi connectivity index (χ1) is 6.36. The summed E-state index contributed by atoms with van der Waals surface area (Å²) in [5.41, 5.74) is 2.13. The summed E-state index contributed by atoms with van der Waals surface area (Å²) in [4.78, 5) is 5.46. The van der Waals surface area contributed by atoms with E-state index in [-0.39, 0.29) is 0 Å². The zero-order valence-electron chi connectivity index (χ0n) is 6.43. The largest absolute Gasteiger partial charge is 0.265 e. The molecule has 0 unspecified atom stereocenters. The van der Waals surface area contributed by atoms with Crippen LogP contribution in [0.2, 0.25) is 0 Å². The highest BCUT2D eigenvalue weighted by Gasteiger charge is 2.05. The number of benzene rings is 1. The summed E-state index contributed by atoms with van der Waals surface area (Å²) in [5, 5.41) is 0. The van der Waals surface area contributed by atoms with E-state index < -0.39 is 0 Å². The molecule has 1 aromatic carbocycles. The Labute approximate surface area is 86.5 Å². The first-order valence-corrected chi connectivity index (χ1v) is 6.28. The lowest BCUT2D eigenvalue weighted by Crippen LogP contribution is -1.75. The highest BCUT2D eigenvalue weighted by atomic mass is 32.9. The van der Waals surface area contributed by atoms with Gasteiger partial charge in [-0.25, -0.2) is 4.98 Å². The van der Waals surface area contributed by atoms with E-state index in [1.165, 1.54) is 0 Å². The molecule has 0 bridgehead atoms. The van der Waals surface area contributed by atoms with Crippen molar-refractivity contribution in [2.75, 3.05) is 0 Å². The second kappa shape index (κ2) is 2.60. The first kappa shape index (κ1) is 7.61. The van der Waals surface area contributed by atoms with Crippen LogP contribution in [-0.2, 0) is 0 Å². The minimum atomic E-state index is 0.883. The van der Waals surface area contributed by atoms with Gasteiger partial charge in [0.05, 0.1) is 11.0 Å². The third-order valence-electron chi connectivity index (χ3n) is 1.90. The Morgan fingerprint density at radius 2 is 2.08 bits per heavy atom. The average molecular weight is 224 g/mol. The Balaban J connectivity index is 2.75. The van der Waals surface area contributed by atoms with Gasteiger partial charge in [-0.15, -0.1) is 0 Å². The van der Waals surface area contributed by atoms with Gasteiger partial charge in [-0.2, -0.15) is 0 Å². The molecular weight excluding hydrogens is 220 g/mol. The molecule has 0 spiro atoms. The molecule has 2 nitrogen and oxygen atoms in total. The fourth-order valence-corrected chi connectivity index (χ4v) is 3.75. The maximum absolute atomic E-state index is 5.22. The Bertz CT molecular complexity index is 631.